The highest BCUT2D eigenvalue weighted by atomic mass is 32.1. The second-order valence-electron chi connectivity index (χ2n) is 4.70. The zero-order valence-electron chi connectivity index (χ0n) is 13.1. The molecule has 1 aromatic carbocycles. The van der Waals surface area contributed by atoms with Gasteiger partial charge in [0.05, 0.1) is 23.9 Å². The molecule has 0 aliphatic carbocycles. The standard InChI is InChI=1S/C14H14F3N3O4S/c1-3-24-12(22)20-13(10(21)23-2,14(15,16)17)19-11-18-8-6-4-5-7-9(8)25-11/h4-7H,3H2,1-2H3,(H,18,19)(H,20,22). The number of benzene rings is 1. The molecule has 2 aromatic rings. The van der Waals surface area contributed by atoms with Crippen molar-refractivity contribution in [2.24, 2.45) is 0 Å². The minimum absolute atomic E-state index is 0.178. The van der Waals surface area contributed by atoms with Gasteiger partial charge in [0.15, 0.2) is 5.13 Å². The van der Waals surface area contributed by atoms with E-state index in [9.17, 15) is 22.8 Å². The minimum Gasteiger partial charge on any atom is -0.466 e. The van der Waals surface area contributed by atoms with Crippen molar-refractivity contribution in [3.63, 3.8) is 0 Å². The quantitative estimate of drug-likeness (QED) is 0.615. The highest BCUT2D eigenvalue weighted by molar-refractivity contribution is 7.22. The van der Waals surface area contributed by atoms with Gasteiger partial charge >= 0.3 is 23.9 Å². The number of thiazole rings is 1. The van der Waals surface area contributed by atoms with Crippen molar-refractivity contribution in [3.8, 4) is 0 Å². The van der Waals surface area contributed by atoms with E-state index in [0.717, 1.165) is 18.4 Å². The largest absolute Gasteiger partial charge is 0.466 e. The van der Waals surface area contributed by atoms with Gasteiger partial charge in [0, 0.05) is 0 Å². The number of carbonyl (C=O) groups is 2. The Hall–Kier alpha value is -2.56. The van der Waals surface area contributed by atoms with Crippen LogP contribution in [0.15, 0.2) is 24.3 Å². The molecule has 0 spiro atoms. The number of ether oxygens (including phenoxy) is 2. The van der Waals surface area contributed by atoms with Gasteiger partial charge in [0.1, 0.15) is 0 Å². The summed E-state index contributed by atoms with van der Waals surface area (Å²) in [5.74, 6) is -1.76. The van der Waals surface area contributed by atoms with E-state index in [1.807, 2.05) is 5.32 Å². The van der Waals surface area contributed by atoms with Crippen molar-refractivity contribution >= 4 is 38.7 Å². The minimum atomic E-state index is -5.23. The molecular formula is C14H14F3N3O4S. The molecule has 0 aliphatic rings. The second-order valence-corrected chi connectivity index (χ2v) is 5.73. The van der Waals surface area contributed by atoms with Crippen LogP contribution in [0, 0.1) is 0 Å². The molecule has 1 unspecified atom stereocenters. The van der Waals surface area contributed by atoms with Crippen LogP contribution in [-0.2, 0) is 14.3 Å². The second kappa shape index (κ2) is 7.13. The number of carbonyl (C=O) groups excluding carboxylic acids is 2. The summed E-state index contributed by atoms with van der Waals surface area (Å²) in [5, 5.41) is 3.25. The first-order valence-corrected chi connectivity index (χ1v) is 7.79. The maximum Gasteiger partial charge on any atom is 0.442 e. The fourth-order valence-electron chi connectivity index (χ4n) is 1.95. The van der Waals surface area contributed by atoms with E-state index in [1.165, 1.54) is 12.2 Å². The van der Waals surface area contributed by atoms with Gasteiger partial charge in [-0.15, -0.1) is 0 Å². The van der Waals surface area contributed by atoms with Crippen LogP contribution < -0.4 is 10.6 Å². The fourth-order valence-corrected chi connectivity index (χ4v) is 2.87. The third-order valence-corrected chi connectivity index (χ3v) is 4.02. The van der Waals surface area contributed by atoms with Gasteiger partial charge in [0.2, 0.25) is 0 Å². The summed E-state index contributed by atoms with van der Waals surface area (Å²) >= 11 is 0.886. The van der Waals surface area contributed by atoms with Gasteiger partial charge in [-0.25, -0.2) is 14.6 Å². The Labute approximate surface area is 144 Å². The Kier molecular flexibility index (Phi) is 5.36. The number of nitrogens with zero attached hydrogens (tertiary/aromatic N) is 1. The first-order valence-electron chi connectivity index (χ1n) is 6.97. The van der Waals surface area contributed by atoms with Crippen molar-refractivity contribution in [1.82, 2.24) is 10.3 Å². The van der Waals surface area contributed by atoms with Gasteiger partial charge in [-0.1, -0.05) is 23.5 Å². The molecule has 11 heteroatoms. The summed E-state index contributed by atoms with van der Waals surface area (Å²) in [6, 6.07) is 6.62. The van der Waals surface area contributed by atoms with Gasteiger partial charge in [-0.05, 0) is 19.1 Å². The maximum atomic E-state index is 13.7. The van der Waals surface area contributed by atoms with Gasteiger partial charge in [-0.3, -0.25) is 5.32 Å². The number of rotatable bonds is 5. The molecule has 2 rings (SSSR count). The van der Waals surface area contributed by atoms with E-state index in [-0.39, 0.29) is 11.7 Å². The number of fused-ring (bicyclic) bond motifs is 1. The number of hydrogen-bond donors (Lipinski definition) is 2. The van der Waals surface area contributed by atoms with Gasteiger partial charge in [0.25, 0.3) is 0 Å². The highest BCUT2D eigenvalue weighted by Gasteiger charge is 2.64. The fraction of sp³-hybridized carbons (Fsp3) is 0.357. The Morgan fingerprint density at radius 3 is 2.52 bits per heavy atom. The zero-order valence-corrected chi connectivity index (χ0v) is 14.0. The first-order chi connectivity index (χ1) is 11.7. The van der Waals surface area contributed by atoms with E-state index >= 15 is 0 Å². The molecule has 0 saturated heterocycles. The SMILES string of the molecule is CCOC(=O)NC(Nc1nc2ccccc2s1)(C(=O)OC)C(F)(F)F. The molecule has 2 N–H and O–H groups in total. The monoisotopic (exact) mass is 377 g/mol. The van der Waals surface area contributed by atoms with Crippen molar-refractivity contribution < 1.29 is 32.2 Å². The lowest BCUT2D eigenvalue weighted by atomic mass is 10.1. The number of hydrogen-bond acceptors (Lipinski definition) is 7. The van der Waals surface area contributed by atoms with Crippen LogP contribution in [-0.4, -0.2) is 42.6 Å². The summed E-state index contributed by atoms with van der Waals surface area (Å²) in [6.07, 6.45) is -6.66. The number of aromatic nitrogens is 1. The predicted octanol–water partition coefficient (Wildman–Crippen LogP) is 2.89. The molecule has 1 atom stereocenters. The highest BCUT2D eigenvalue weighted by Crippen LogP contribution is 2.35. The molecule has 1 heterocycles. The predicted molar refractivity (Wildman–Crippen MR) is 84.2 cm³/mol. The van der Waals surface area contributed by atoms with Crippen molar-refractivity contribution in [3.05, 3.63) is 24.3 Å². The van der Waals surface area contributed by atoms with E-state index in [1.54, 1.807) is 24.3 Å². The molecule has 0 radical (unpaired) electrons. The average molecular weight is 377 g/mol. The number of anilines is 1. The molecule has 0 aliphatic heterocycles. The lowest BCUT2D eigenvalue weighted by Gasteiger charge is -2.33. The zero-order chi connectivity index (χ0) is 18.7. The number of esters is 1. The number of halogens is 3. The Balaban J connectivity index is 2.47. The van der Waals surface area contributed by atoms with Crippen LogP contribution in [0.4, 0.5) is 23.1 Å². The van der Waals surface area contributed by atoms with Crippen LogP contribution in [0.2, 0.25) is 0 Å². The smallest absolute Gasteiger partial charge is 0.442 e. The average Bonchev–Trinajstić information content (AvgIpc) is 2.94. The number of para-hydroxylation sites is 1. The van der Waals surface area contributed by atoms with Crippen LogP contribution >= 0.6 is 11.3 Å². The first kappa shape index (κ1) is 18.8. The third-order valence-electron chi connectivity index (χ3n) is 3.07. The molecule has 0 fully saturated rings. The summed E-state index contributed by atoms with van der Waals surface area (Å²) in [5.41, 5.74) is -3.10. The summed E-state index contributed by atoms with van der Waals surface area (Å²) in [7, 11) is 0.773. The van der Waals surface area contributed by atoms with E-state index in [0.29, 0.717) is 10.2 Å². The van der Waals surface area contributed by atoms with Crippen molar-refractivity contribution in [2.75, 3.05) is 19.0 Å². The molecular weight excluding hydrogens is 363 g/mol. The Morgan fingerprint density at radius 1 is 1.28 bits per heavy atom. The van der Waals surface area contributed by atoms with Crippen molar-refractivity contribution in [2.45, 2.75) is 18.8 Å². The van der Waals surface area contributed by atoms with E-state index < -0.39 is 23.9 Å². The Bertz CT molecular complexity index is 747. The van der Waals surface area contributed by atoms with Crippen molar-refractivity contribution in [1.29, 1.82) is 0 Å². The summed E-state index contributed by atoms with van der Waals surface area (Å²) in [4.78, 5) is 27.5. The van der Waals surface area contributed by atoms with Crippen LogP contribution in [0.3, 0.4) is 0 Å². The molecule has 1 amide bonds. The molecule has 25 heavy (non-hydrogen) atoms. The van der Waals surface area contributed by atoms with Crippen LogP contribution in [0.1, 0.15) is 6.92 Å². The normalized spacial score (nSPS) is 13.8. The molecule has 1 aromatic heterocycles. The number of nitrogens with one attached hydrogen (secondary N) is 2. The van der Waals surface area contributed by atoms with Gasteiger partial charge < -0.3 is 14.8 Å². The van der Waals surface area contributed by atoms with Crippen LogP contribution in [0.25, 0.3) is 10.2 Å². The molecule has 136 valence electrons. The molecule has 0 bridgehead atoms. The lowest BCUT2D eigenvalue weighted by Crippen LogP contribution is -2.69. The maximum absolute atomic E-state index is 13.7. The topological polar surface area (TPSA) is 89.5 Å². The summed E-state index contributed by atoms with van der Waals surface area (Å²) < 4.78 is 50.4. The van der Waals surface area contributed by atoms with E-state index in [2.05, 4.69) is 14.5 Å². The number of amides is 1. The lowest BCUT2D eigenvalue weighted by molar-refractivity contribution is -0.203. The Morgan fingerprint density at radius 2 is 1.96 bits per heavy atom. The molecule has 0 saturated carbocycles. The van der Waals surface area contributed by atoms with Gasteiger partial charge in [-0.2, -0.15) is 13.2 Å². The van der Waals surface area contributed by atoms with Crippen LogP contribution in [0.5, 0.6) is 0 Å². The third kappa shape index (κ3) is 3.76. The number of alkyl carbamates (subject to hydrolysis) is 1. The number of methoxy groups -OCH3 is 1. The van der Waals surface area contributed by atoms with E-state index in [4.69, 9.17) is 0 Å². The molecule has 7 nitrogen and oxygen atoms in total. The summed E-state index contributed by atoms with van der Waals surface area (Å²) in [6.45, 7) is 1.23. The number of alkyl halides is 3.